The molecule has 1 unspecified atom stereocenters. The minimum atomic E-state index is -4.28. The van der Waals surface area contributed by atoms with E-state index in [1.165, 1.54) is 18.2 Å². The topological polar surface area (TPSA) is 40.5 Å². The zero-order chi connectivity index (χ0) is 17.0. The molecule has 0 aliphatic rings. The lowest BCUT2D eigenvalue weighted by Crippen LogP contribution is -2.09. The Bertz CT molecular complexity index is 656. The van der Waals surface area contributed by atoms with E-state index in [9.17, 15) is 27.8 Å². The molecule has 124 valence electrons. The first kappa shape index (κ1) is 17.5. The van der Waals surface area contributed by atoms with Crippen molar-refractivity contribution >= 4 is 11.8 Å². The number of phenols is 2. The summed E-state index contributed by atoms with van der Waals surface area (Å²) in [6, 6.07) is 9.57. The molecule has 2 aromatic rings. The Morgan fingerprint density at radius 1 is 1.00 bits per heavy atom. The van der Waals surface area contributed by atoms with E-state index in [1.807, 2.05) is 0 Å². The van der Waals surface area contributed by atoms with Gasteiger partial charge < -0.3 is 10.2 Å². The summed E-state index contributed by atoms with van der Waals surface area (Å²) in [6.07, 6.45) is -5.43. The lowest BCUT2D eigenvalue weighted by molar-refractivity contribution is -0.135. The Morgan fingerprint density at radius 3 is 2.22 bits per heavy atom. The van der Waals surface area contributed by atoms with Gasteiger partial charge in [0, 0.05) is 16.6 Å². The summed E-state index contributed by atoms with van der Waals surface area (Å²) in [5, 5.41) is 17.9. The van der Waals surface area contributed by atoms with Gasteiger partial charge in [-0.2, -0.15) is 13.2 Å². The highest BCUT2D eigenvalue weighted by molar-refractivity contribution is 7.99. The number of benzene rings is 2. The van der Waals surface area contributed by atoms with Gasteiger partial charge in [-0.25, -0.2) is 4.39 Å². The van der Waals surface area contributed by atoms with Crippen LogP contribution in [-0.4, -0.2) is 16.4 Å². The summed E-state index contributed by atoms with van der Waals surface area (Å²) in [5.41, 5.74) is 0.602. The lowest BCUT2D eigenvalue weighted by atomic mass is 10.1. The highest BCUT2D eigenvalue weighted by atomic mass is 32.2. The van der Waals surface area contributed by atoms with Crippen molar-refractivity contribution in [3.8, 4) is 11.5 Å². The second-order valence-electron chi connectivity index (χ2n) is 4.97. The molecule has 0 amide bonds. The van der Waals surface area contributed by atoms with Crippen LogP contribution >= 0.6 is 11.8 Å². The zero-order valence-corrected chi connectivity index (χ0v) is 12.7. The van der Waals surface area contributed by atoms with Crippen molar-refractivity contribution < 1.29 is 27.8 Å². The summed E-state index contributed by atoms with van der Waals surface area (Å²) >= 11 is 1.08. The second-order valence-corrected chi connectivity index (χ2v) is 6.24. The maximum absolute atomic E-state index is 13.4. The lowest BCUT2D eigenvalue weighted by Gasteiger charge is -2.18. The molecule has 0 radical (unpaired) electrons. The first-order chi connectivity index (χ1) is 10.7. The summed E-state index contributed by atoms with van der Waals surface area (Å²) in [6.45, 7) is 0. The summed E-state index contributed by atoms with van der Waals surface area (Å²) in [5.74, 6) is -1.31. The Morgan fingerprint density at radius 2 is 1.65 bits per heavy atom. The molecule has 7 heteroatoms. The third-order valence-electron chi connectivity index (χ3n) is 3.15. The Labute approximate surface area is 134 Å². The van der Waals surface area contributed by atoms with Gasteiger partial charge in [0.15, 0.2) is 11.6 Å². The Hall–Kier alpha value is -1.89. The zero-order valence-electron chi connectivity index (χ0n) is 11.8. The molecule has 0 aliphatic carbocycles. The van der Waals surface area contributed by atoms with Gasteiger partial charge >= 0.3 is 6.18 Å². The van der Waals surface area contributed by atoms with Crippen LogP contribution in [0.2, 0.25) is 0 Å². The molecule has 2 N–H and O–H groups in total. The molecule has 0 saturated carbocycles. The van der Waals surface area contributed by atoms with Gasteiger partial charge in [0.2, 0.25) is 0 Å². The van der Waals surface area contributed by atoms with Crippen LogP contribution in [0.4, 0.5) is 17.6 Å². The van der Waals surface area contributed by atoms with E-state index in [2.05, 4.69) is 0 Å². The molecule has 0 fully saturated rings. The van der Waals surface area contributed by atoms with E-state index in [-0.39, 0.29) is 12.2 Å². The first-order valence-corrected chi connectivity index (χ1v) is 7.63. The number of halogens is 4. The number of thioether (sulfide) groups is 1. The van der Waals surface area contributed by atoms with Crippen LogP contribution in [0, 0.1) is 5.82 Å². The van der Waals surface area contributed by atoms with Crippen molar-refractivity contribution in [3.05, 3.63) is 53.8 Å². The molecular formula is C16H14F4O2S. The average Bonchev–Trinajstić information content (AvgIpc) is 2.47. The Kier molecular flexibility index (Phi) is 5.41. The average molecular weight is 346 g/mol. The first-order valence-electron chi connectivity index (χ1n) is 6.75. The van der Waals surface area contributed by atoms with Crippen LogP contribution in [0.15, 0.2) is 47.4 Å². The SMILES string of the molecule is Oc1ccc(C(CCC(F)(F)F)Sc2ccc(O)c(F)c2)cc1. The van der Waals surface area contributed by atoms with Crippen LogP contribution in [0.1, 0.15) is 23.7 Å². The molecular weight excluding hydrogens is 332 g/mol. The highest BCUT2D eigenvalue weighted by Crippen LogP contribution is 2.41. The molecule has 2 aromatic carbocycles. The number of aromatic hydroxyl groups is 2. The van der Waals surface area contributed by atoms with E-state index in [1.54, 1.807) is 12.1 Å². The van der Waals surface area contributed by atoms with E-state index < -0.39 is 29.4 Å². The van der Waals surface area contributed by atoms with Crippen LogP contribution in [0.5, 0.6) is 11.5 Å². The molecule has 0 aromatic heterocycles. The fourth-order valence-corrected chi connectivity index (χ4v) is 3.18. The van der Waals surface area contributed by atoms with Gasteiger partial charge in [0.25, 0.3) is 0 Å². The summed E-state index contributed by atoms with van der Waals surface area (Å²) in [7, 11) is 0. The van der Waals surface area contributed by atoms with Gasteiger partial charge in [-0.15, -0.1) is 11.8 Å². The van der Waals surface area contributed by atoms with Gasteiger partial charge in [0.05, 0.1) is 0 Å². The smallest absolute Gasteiger partial charge is 0.389 e. The molecule has 0 heterocycles. The Balaban J connectivity index is 2.21. The molecule has 2 rings (SSSR count). The number of alkyl halides is 3. The van der Waals surface area contributed by atoms with E-state index >= 15 is 0 Å². The largest absolute Gasteiger partial charge is 0.508 e. The van der Waals surface area contributed by atoms with Crippen molar-refractivity contribution in [2.45, 2.75) is 29.2 Å². The third kappa shape index (κ3) is 5.35. The van der Waals surface area contributed by atoms with Crippen molar-refractivity contribution in [1.82, 2.24) is 0 Å². The number of hydrogen-bond acceptors (Lipinski definition) is 3. The van der Waals surface area contributed by atoms with Gasteiger partial charge in [-0.3, -0.25) is 0 Å². The molecule has 23 heavy (non-hydrogen) atoms. The maximum Gasteiger partial charge on any atom is 0.389 e. The predicted octanol–water partition coefficient (Wildman–Crippen LogP) is 5.41. The maximum atomic E-state index is 13.4. The van der Waals surface area contributed by atoms with Crippen molar-refractivity contribution in [1.29, 1.82) is 0 Å². The van der Waals surface area contributed by atoms with Crippen molar-refractivity contribution in [3.63, 3.8) is 0 Å². The van der Waals surface area contributed by atoms with E-state index in [4.69, 9.17) is 0 Å². The molecule has 2 nitrogen and oxygen atoms in total. The second kappa shape index (κ2) is 7.12. The van der Waals surface area contributed by atoms with Gasteiger partial charge in [-0.05, 0) is 42.3 Å². The molecule has 0 aliphatic heterocycles. The van der Waals surface area contributed by atoms with Gasteiger partial charge in [-0.1, -0.05) is 12.1 Å². The van der Waals surface area contributed by atoms with Crippen LogP contribution in [0.3, 0.4) is 0 Å². The minimum Gasteiger partial charge on any atom is -0.508 e. The molecule has 0 spiro atoms. The van der Waals surface area contributed by atoms with Crippen molar-refractivity contribution in [2.24, 2.45) is 0 Å². The molecule has 0 bridgehead atoms. The van der Waals surface area contributed by atoms with Gasteiger partial charge in [0.1, 0.15) is 5.75 Å². The predicted molar refractivity (Wildman–Crippen MR) is 80.1 cm³/mol. The number of phenolic OH excluding ortho intramolecular Hbond substituents is 2. The van der Waals surface area contributed by atoms with Crippen LogP contribution in [-0.2, 0) is 0 Å². The van der Waals surface area contributed by atoms with E-state index in [0.29, 0.717) is 10.5 Å². The number of rotatable bonds is 5. The summed E-state index contributed by atoms with van der Waals surface area (Å²) in [4.78, 5) is 0.417. The monoisotopic (exact) mass is 346 g/mol. The fourth-order valence-electron chi connectivity index (χ4n) is 2.00. The molecule has 1 atom stereocenters. The van der Waals surface area contributed by atoms with Crippen LogP contribution < -0.4 is 0 Å². The normalized spacial score (nSPS) is 13.0. The minimum absolute atomic E-state index is 0.0176. The highest BCUT2D eigenvalue weighted by Gasteiger charge is 2.29. The van der Waals surface area contributed by atoms with Crippen molar-refractivity contribution in [2.75, 3.05) is 0 Å². The quantitative estimate of drug-likeness (QED) is 0.561. The number of hydrogen-bond donors (Lipinski definition) is 2. The van der Waals surface area contributed by atoms with E-state index in [0.717, 1.165) is 23.9 Å². The summed E-state index contributed by atoms with van der Waals surface area (Å²) < 4.78 is 50.9. The molecule has 0 saturated heterocycles. The third-order valence-corrected chi connectivity index (χ3v) is 4.47. The van der Waals surface area contributed by atoms with Crippen LogP contribution in [0.25, 0.3) is 0 Å². The fraction of sp³-hybridized carbons (Fsp3) is 0.250. The standard InChI is InChI=1S/C16H14F4O2S/c17-13-9-12(5-6-14(13)22)23-15(7-8-16(18,19)20)10-1-3-11(21)4-2-10/h1-6,9,15,21-22H,7-8H2.